The molecule has 0 aliphatic carbocycles. The van der Waals surface area contributed by atoms with E-state index in [1.54, 1.807) is 13.2 Å². The maximum atomic E-state index is 12.8. The van der Waals surface area contributed by atoms with Crippen LogP contribution in [0.2, 0.25) is 0 Å². The first kappa shape index (κ1) is 17.8. The van der Waals surface area contributed by atoms with Gasteiger partial charge in [0.1, 0.15) is 10.6 Å². The van der Waals surface area contributed by atoms with E-state index in [4.69, 9.17) is 0 Å². The lowest BCUT2D eigenvalue weighted by atomic mass is 10.1. The van der Waals surface area contributed by atoms with Crippen LogP contribution in [0.5, 0.6) is 0 Å². The van der Waals surface area contributed by atoms with E-state index < -0.39 is 10.0 Å². The quantitative estimate of drug-likeness (QED) is 0.688. The predicted octanol–water partition coefficient (Wildman–Crippen LogP) is 3.45. The van der Waals surface area contributed by atoms with Crippen LogP contribution in [0.25, 0.3) is 10.6 Å². The summed E-state index contributed by atoms with van der Waals surface area (Å²) >= 11 is 1.48. The maximum absolute atomic E-state index is 12.8. The third-order valence-corrected chi connectivity index (χ3v) is 6.37. The molecule has 0 spiro atoms. The van der Waals surface area contributed by atoms with Crippen LogP contribution in [0.1, 0.15) is 18.9 Å². The number of benzene rings is 1. The van der Waals surface area contributed by atoms with Gasteiger partial charge in [-0.1, -0.05) is 36.4 Å². The van der Waals surface area contributed by atoms with E-state index in [0.29, 0.717) is 5.69 Å². The SMILES string of the molecule is CC(CCc1ccccc1)NS(=O)(=O)c1cn(C)nc1-c1cccs1. The van der Waals surface area contributed by atoms with Crippen LogP contribution in [-0.4, -0.2) is 24.2 Å². The number of nitrogens with one attached hydrogen (secondary N) is 1. The Labute approximate surface area is 152 Å². The summed E-state index contributed by atoms with van der Waals surface area (Å²) in [5, 5.41) is 6.24. The Hall–Kier alpha value is -1.96. The van der Waals surface area contributed by atoms with Gasteiger partial charge in [-0.25, -0.2) is 13.1 Å². The number of hydrogen-bond acceptors (Lipinski definition) is 4. The second-order valence-electron chi connectivity index (χ2n) is 6.04. The van der Waals surface area contributed by atoms with Gasteiger partial charge in [0.15, 0.2) is 0 Å². The molecule has 1 unspecified atom stereocenters. The summed E-state index contributed by atoms with van der Waals surface area (Å²) in [7, 11) is -1.90. The molecule has 3 rings (SSSR count). The molecule has 0 radical (unpaired) electrons. The van der Waals surface area contributed by atoms with Crippen LogP contribution >= 0.6 is 11.3 Å². The third kappa shape index (κ3) is 4.36. The standard InChI is InChI=1S/C18H21N3O2S2/c1-14(10-11-15-7-4-3-5-8-15)20-25(22,23)17-13-21(2)19-18(17)16-9-6-12-24-16/h3-9,12-14,20H,10-11H2,1-2H3. The first-order valence-corrected chi connectivity index (χ1v) is 10.5. The molecule has 0 saturated heterocycles. The highest BCUT2D eigenvalue weighted by Gasteiger charge is 2.25. The number of sulfonamides is 1. The minimum atomic E-state index is -3.63. The molecule has 1 N–H and O–H groups in total. The van der Waals surface area contributed by atoms with Gasteiger partial charge in [0.25, 0.3) is 0 Å². The summed E-state index contributed by atoms with van der Waals surface area (Å²) in [5.41, 5.74) is 1.70. The van der Waals surface area contributed by atoms with E-state index in [0.717, 1.165) is 17.7 Å². The Morgan fingerprint density at radius 2 is 1.96 bits per heavy atom. The maximum Gasteiger partial charge on any atom is 0.244 e. The number of nitrogens with zero attached hydrogens (tertiary/aromatic N) is 2. The molecule has 0 saturated carbocycles. The Kier molecular flexibility index (Phi) is 5.36. The summed E-state index contributed by atoms with van der Waals surface area (Å²) in [6.45, 7) is 1.89. The minimum absolute atomic E-state index is 0.165. The van der Waals surface area contributed by atoms with Crippen LogP contribution in [0.3, 0.4) is 0 Å². The fourth-order valence-electron chi connectivity index (χ4n) is 2.66. The molecule has 25 heavy (non-hydrogen) atoms. The number of rotatable bonds is 7. The highest BCUT2D eigenvalue weighted by atomic mass is 32.2. The fraction of sp³-hybridized carbons (Fsp3) is 0.278. The summed E-state index contributed by atoms with van der Waals surface area (Å²) < 4.78 is 30.0. The highest BCUT2D eigenvalue weighted by Crippen LogP contribution is 2.29. The Morgan fingerprint density at radius 3 is 2.64 bits per heavy atom. The molecule has 0 fully saturated rings. The molecule has 0 amide bonds. The molecule has 2 heterocycles. The average molecular weight is 376 g/mol. The molecule has 0 bridgehead atoms. The van der Waals surface area contributed by atoms with Crippen molar-refractivity contribution in [2.45, 2.75) is 30.7 Å². The lowest BCUT2D eigenvalue weighted by molar-refractivity contribution is 0.547. The van der Waals surface area contributed by atoms with Gasteiger partial charge < -0.3 is 0 Å². The minimum Gasteiger partial charge on any atom is -0.274 e. The van der Waals surface area contributed by atoms with Crippen LogP contribution in [0, 0.1) is 0 Å². The van der Waals surface area contributed by atoms with Crippen molar-refractivity contribution in [2.24, 2.45) is 7.05 Å². The van der Waals surface area contributed by atoms with Crippen molar-refractivity contribution in [3.05, 3.63) is 59.6 Å². The number of thiophene rings is 1. The molecule has 7 heteroatoms. The van der Waals surface area contributed by atoms with E-state index in [1.165, 1.54) is 21.6 Å². The van der Waals surface area contributed by atoms with Crippen LogP contribution in [-0.2, 0) is 23.5 Å². The molecule has 1 atom stereocenters. The van der Waals surface area contributed by atoms with E-state index in [2.05, 4.69) is 22.0 Å². The molecule has 3 aromatic rings. The molecule has 0 aliphatic rings. The zero-order valence-corrected chi connectivity index (χ0v) is 15.8. The van der Waals surface area contributed by atoms with Crippen molar-refractivity contribution >= 4 is 21.4 Å². The second kappa shape index (κ2) is 7.51. The van der Waals surface area contributed by atoms with E-state index >= 15 is 0 Å². The van der Waals surface area contributed by atoms with Crippen LogP contribution in [0.15, 0.2) is 58.9 Å². The van der Waals surface area contributed by atoms with Gasteiger partial charge in [-0.05, 0) is 36.8 Å². The second-order valence-corrected chi connectivity index (χ2v) is 8.67. The Balaban J connectivity index is 1.74. The van der Waals surface area contributed by atoms with E-state index in [-0.39, 0.29) is 10.9 Å². The molecule has 1 aromatic carbocycles. The summed E-state index contributed by atoms with van der Waals surface area (Å²) in [6.07, 6.45) is 3.12. The Morgan fingerprint density at radius 1 is 1.20 bits per heavy atom. The fourth-order valence-corrected chi connectivity index (χ4v) is 4.92. The Bertz CT molecular complexity index is 917. The van der Waals surface area contributed by atoms with Crippen molar-refractivity contribution in [2.75, 3.05) is 0 Å². The lowest BCUT2D eigenvalue weighted by Crippen LogP contribution is -2.33. The lowest BCUT2D eigenvalue weighted by Gasteiger charge is -2.14. The van der Waals surface area contributed by atoms with Gasteiger partial charge in [-0.15, -0.1) is 11.3 Å². The monoisotopic (exact) mass is 375 g/mol. The van der Waals surface area contributed by atoms with Gasteiger partial charge in [-0.2, -0.15) is 5.10 Å². The van der Waals surface area contributed by atoms with Crippen molar-refractivity contribution in [3.63, 3.8) is 0 Å². The smallest absolute Gasteiger partial charge is 0.244 e. The molecule has 5 nitrogen and oxygen atoms in total. The highest BCUT2D eigenvalue weighted by molar-refractivity contribution is 7.89. The molecule has 2 aromatic heterocycles. The number of hydrogen-bond donors (Lipinski definition) is 1. The van der Waals surface area contributed by atoms with Crippen LogP contribution < -0.4 is 4.72 Å². The van der Waals surface area contributed by atoms with E-state index in [1.807, 2.05) is 42.6 Å². The average Bonchev–Trinajstić information content (AvgIpc) is 3.23. The summed E-state index contributed by atoms with van der Waals surface area (Å²) in [4.78, 5) is 1.07. The van der Waals surface area contributed by atoms with Gasteiger partial charge >= 0.3 is 0 Å². The summed E-state index contributed by atoms with van der Waals surface area (Å²) in [5.74, 6) is 0. The zero-order valence-electron chi connectivity index (χ0n) is 14.2. The van der Waals surface area contributed by atoms with E-state index in [9.17, 15) is 8.42 Å². The number of aromatic nitrogens is 2. The van der Waals surface area contributed by atoms with Gasteiger partial charge in [-0.3, -0.25) is 4.68 Å². The first-order valence-electron chi connectivity index (χ1n) is 8.09. The third-order valence-electron chi connectivity index (χ3n) is 3.90. The topological polar surface area (TPSA) is 64.0 Å². The van der Waals surface area contributed by atoms with Crippen molar-refractivity contribution in [1.82, 2.24) is 14.5 Å². The van der Waals surface area contributed by atoms with Gasteiger partial charge in [0, 0.05) is 19.3 Å². The number of aryl methyl sites for hydroxylation is 2. The molecular weight excluding hydrogens is 354 g/mol. The normalized spacial score (nSPS) is 13.0. The largest absolute Gasteiger partial charge is 0.274 e. The molecular formula is C18H21N3O2S2. The van der Waals surface area contributed by atoms with Crippen LogP contribution in [0.4, 0.5) is 0 Å². The summed E-state index contributed by atoms with van der Waals surface area (Å²) in [6, 6.07) is 13.7. The van der Waals surface area contributed by atoms with Crippen molar-refractivity contribution < 1.29 is 8.42 Å². The molecule has 0 aliphatic heterocycles. The zero-order chi connectivity index (χ0) is 17.9. The van der Waals surface area contributed by atoms with Gasteiger partial charge in [0.2, 0.25) is 10.0 Å². The first-order chi connectivity index (χ1) is 12.0. The predicted molar refractivity (Wildman–Crippen MR) is 101 cm³/mol. The van der Waals surface area contributed by atoms with Crippen molar-refractivity contribution in [3.8, 4) is 10.6 Å². The van der Waals surface area contributed by atoms with Gasteiger partial charge in [0.05, 0.1) is 4.88 Å². The van der Waals surface area contributed by atoms with Crippen molar-refractivity contribution in [1.29, 1.82) is 0 Å². The molecule has 132 valence electrons.